The van der Waals surface area contributed by atoms with Crippen LogP contribution in [-0.4, -0.2) is 65.2 Å². The summed E-state index contributed by atoms with van der Waals surface area (Å²) >= 11 is 0. The molecule has 14 heteroatoms. The topological polar surface area (TPSA) is 183 Å². The van der Waals surface area contributed by atoms with Crippen molar-refractivity contribution in [2.75, 3.05) is 25.0 Å². The molecule has 1 aliphatic heterocycles. The standard InChI is InChI=1S/C36H32N4O10/c41-32(21-39-17-18-48-31-16-15-26(40(46)47)19-28(31)35(39)44)37-30(20-33(42)49-22-24-9-3-1-4-10-24)34(43)38-29-14-8-7-13-27(29)36(45)50-23-25-11-5-2-6-12-25/h1-16,19,30H,17-18,20-23H2,(H,37,41)(H,38,43)/t30-/m0/s1. The molecule has 50 heavy (non-hydrogen) atoms. The lowest BCUT2D eigenvalue weighted by Gasteiger charge is -2.22. The molecule has 1 heterocycles. The van der Waals surface area contributed by atoms with E-state index in [-0.39, 0.29) is 54.6 Å². The normalized spacial score (nSPS) is 12.7. The molecule has 4 aromatic rings. The van der Waals surface area contributed by atoms with E-state index < -0.39 is 53.6 Å². The number of hydrogen-bond donors (Lipinski definition) is 2. The predicted molar refractivity (Wildman–Crippen MR) is 178 cm³/mol. The first-order valence-corrected chi connectivity index (χ1v) is 15.5. The minimum Gasteiger partial charge on any atom is -0.491 e. The van der Waals surface area contributed by atoms with Crippen LogP contribution < -0.4 is 15.4 Å². The van der Waals surface area contributed by atoms with Crippen molar-refractivity contribution in [3.8, 4) is 5.75 Å². The highest BCUT2D eigenvalue weighted by atomic mass is 16.6. The Labute approximate surface area is 286 Å². The van der Waals surface area contributed by atoms with Crippen molar-refractivity contribution in [3.63, 3.8) is 0 Å². The Morgan fingerprint density at radius 3 is 2.18 bits per heavy atom. The van der Waals surface area contributed by atoms with Gasteiger partial charge in [-0.3, -0.25) is 29.3 Å². The summed E-state index contributed by atoms with van der Waals surface area (Å²) in [4.78, 5) is 77.9. The summed E-state index contributed by atoms with van der Waals surface area (Å²) < 4.78 is 16.3. The first-order chi connectivity index (χ1) is 24.2. The van der Waals surface area contributed by atoms with Gasteiger partial charge in [-0.1, -0.05) is 72.8 Å². The molecule has 2 N–H and O–H groups in total. The Morgan fingerprint density at radius 1 is 0.860 bits per heavy atom. The molecule has 1 atom stereocenters. The van der Waals surface area contributed by atoms with E-state index in [1.165, 1.54) is 24.3 Å². The molecular formula is C36H32N4O10. The van der Waals surface area contributed by atoms with Gasteiger partial charge in [-0.05, 0) is 29.3 Å². The lowest BCUT2D eigenvalue weighted by molar-refractivity contribution is -0.384. The molecule has 0 bridgehead atoms. The number of esters is 2. The van der Waals surface area contributed by atoms with E-state index >= 15 is 0 Å². The Bertz CT molecular complexity index is 1880. The Morgan fingerprint density at radius 2 is 1.50 bits per heavy atom. The minimum absolute atomic E-state index is 0.00326. The molecular weight excluding hydrogens is 648 g/mol. The molecule has 0 unspecified atom stereocenters. The third-order valence-corrected chi connectivity index (χ3v) is 7.53. The van der Waals surface area contributed by atoms with Crippen LogP contribution in [0.4, 0.5) is 11.4 Å². The zero-order chi connectivity index (χ0) is 35.5. The highest BCUT2D eigenvalue weighted by molar-refractivity contribution is 6.05. The Kier molecular flexibility index (Phi) is 11.5. The van der Waals surface area contributed by atoms with E-state index in [0.29, 0.717) is 5.56 Å². The zero-order valence-corrected chi connectivity index (χ0v) is 26.6. The number of anilines is 1. The van der Waals surface area contributed by atoms with Crippen molar-refractivity contribution >= 4 is 41.0 Å². The highest BCUT2D eigenvalue weighted by Gasteiger charge is 2.30. The SMILES string of the molecule is O=C(CN1CCOc2ccc([N+](=O)[O-])cc2C1=O)N[C@@H](CC(=O)OCc1ccccc1)C(=O)Nc1ccccc1C(=O)OCc1ccccc1. The van der Waals surface area contributed by atoms with Crippen molar-refractivity contribution in [2.24, 2.45) is 0 Å². The van der Waals surface area contributed by atoms with Crippen LogP contribution in [0.25, 0.3) is 0 Å². The van der Waals surface area contributed by atoms with Gasteiger partial charge in [0.2, 0.25) is 11.8 Å². The van der Waals surface area contributed by atoms with E-state index in [0.717, 1.165) is 16.5 Å². The van der Waals surface area contributed by atoms with Gasteiger partial charge in [0.05, 0.1) is 41.2 Å². The van der Waals surface area contributed by atoms with Gasteiger partial charge in [0.15, 0.2) is 0 Å². The molecule has 0 aliphatic carbocycles. The van der Waals surface area contributed by atoms with Crippen molar-refractivity contribution in [1.82, 2.24) is 10.2 Å². The lowest BCUT2D eigenvalue weighted by atomic mass is 10.1. The summed E-state index contributed by atoms with van der Waals surface area (Å²) in [5.74, 6) is -3.73. The molecule has 5 rings (SSSR count). The summed E-state index contributed by atoms with van der Waals surface area (Å²) in [6.45, 7) is -0.687. The Hall–Kier alpha value is -6.57. The van der Waals surface area contributed by atoms with Crippen LogP contribution >= 0.6 is 0 Å². The zero-order valence-electron chi connectivity index (χ0n) is 26.6. The van der Waals surface area contributed by atoms with Gasteiger partial charge in [0.25, 0.3) is 11.6 Å². The predicted octanol–water partition coefficient (Wildman–Crippen LogP) is 4.04. The maximum absolute atomic E-state index is 13.6. The summed E-state index contributed by atoms with van der Waals surface area (Å²) in [7, 11) is 0. The van der Waals surface area contributed by atoms with Gasteiger partial charge >= 0.3 is 11.9 Å². The third kappa shape index (κ3) is 9.28. The van der Waals surface area contributed by atoms with Crippen molar-refractivity contribution < 1.29 is 43.1 Å². The average molecular weight is 681 g/mol. The number of amides is 3. The molecule has 4 aromatic carbocycles. The van der Waals surface area contributed by atoms with Crippen LogP contribution in [0, 0.1) is 10.1 Å². The van der Waals surface area contributed by atoms with Crippen molar-refractivity contribution in [3.05, 3.63) is 135 Å². The average Bonchev–Trinajstić information content (AvgIpc) is 3.28. The maximum Gasteiger partial charge on any atom is 0.340 e. The number of carbonyl (C=O) groups excluding carboxylic acids is 5. The van der Waals surface area contributed by atoms with Crippen molar-refractivity contribution in [2.45, 2.75) is 25.7 Å². The molecule has 256 valence electrons. The van der Waals surface area contributed by atoms with Crippen LogP contribution in [-0.2, 0) is 37.1 Å². The number of benzene rings is 4. The van der Waals surface area contributed by atoms with Gasteiger partial charge in [-0.15, -0.1) is 0 Å². The van der Waals surface area contributed by atoms with Crippen molar-refractivity contribution in [1.29, 1.82) is 0 Å². The number of nitro groups is 1. The van der Waals surface area contributed by atoms with Crippen LogP contribution in [0.2, 0.25) is 0 Å². The second-order valence-electron chi connectivity index (χ2n) is 11.1. The molecule has 0 saturated heterocycles. The smallest absolute Gasteiger partial charge is 0.340 e. The fourth-order valence-electron chi connectivity index (χ4n) is 4.99. The number of rotatable bonds is 13. The molecule has 1 aliphatic rings. The van der Waals surface area contributed by atoms with Crippen LogP contribution in [0.5, 0.6) is 5.75 Å². The largest absolute Gasteiger partial charge is 0.491 e. The van der Waals surface area contributed by atoms with Gasteiger partial charge < -0.3 is 29.7 Å². The van der Waals surface area contributed by atoms with Crippen LogP contribution in [0.3, 0.4) is 0 Å². The van der Waals surface area contributed by atoms with E-state index in [9.17, 15) is 34.1 Å². The fraction of sp³-hybridized carbons (Fsp3) is 0.194. The minimum atomic E-state index is -1.49. The highest BCUT2D eigenvalue weighted by Crippen LogP contribution is 2.27. The number of para-hydroxylation sites is 1. The lowest BCUT2D eigenvalue weighted by Crippen LogP contribution is -2.49. The molecule has 0 aromatic heterocycles. The third-order valence-electron chi connectivity index (χ3n) is 7.53. The molecule has 0 fully saturated rings. The number of carbonyl (C=O) groups is 5. The van der Waals surface area contributed by atoms with Gasteiger partial charge in [-0.25, -0.2) is 4.79 Å². The monoisotopic (exact) mass is 680 g/mol. The molecule has 0 saturated carbocycles. The Balaban J connectivity index is 1.30. The van der Waals surface area contributed by atoms with Crippen LogP contribution in [0.15, 0.2) is 103 Å². The van der Waals surface area contributed by atoms with Crippen LogP contribution in [0.1, 0.15) is 38.3 Å². The number of ether oxygens (including phenoxy) is 3. The second kappa shape index (κ2) is 16.5. The van der Waals surface area contributed by atoms with E-state index in [1.807, 2.05) is 6.07 Å². The summed E-state index contributed by atoms with van der Waals surface area (Å²) in [6, 6.07) is 26.1. The molecule has 3 amide bonds. The summed E-state index contributed by atoms with van der Waals surface area (Å²) in [5.41, 5.74) is 1.15. The number of non-ortho nitro benzene ring substituents is 1. The van der Waals surface area contributed by atoms with E-state index in [1.54, 1.807) is 66.7 Å². The maximum atomic E-state index is 13.6. The molecule has 0 radical (unpaired) electrons. The quantitative estimate of drug-likeness (QED) is 0.119. The molecule has 14 nitrogen and oxygen atoms in total. The first kappa shape index (κ1) is 34.8. The number of fused-ring (bicyclic) bond motifs is 1. The summed E-state index contributed by atoms with van der Waals surface area (Å²) in [5, 5.41) is 16.4. The van der Waals surface area contributed by atoms with E-state index in [4.69, 9.17) is 14.2 Å². The second-order valence-corrected chi connectivity index (χ2v) is 11.1. The number of nitrogens with zero attached hydrogens (tertiary/aromatic N) is 2. The van der Waals surface area contributed by atoms with Gasteiger partial charge in [-0.2, -0.15) is 0 Å². The van der Waals surface area contributed by atoms with Gasteiger partial charge in [0, 0.05) is 12.1 Å². The summed E-state index contributed by atoms with van der Waals surface area (Å²) in [6.07, 6.45) is -0.586. The number of hydrogen-bond acceptors (Lipinski definition) is 10. The number of nitro benzene ring substituents is 1. The van der Waals surface area contributed by atoms with Gasteiger partial charge in [0.1, 0.15) is 31.6 Å². The van der Waals surface area contributed by atoms with E-state index in [2.05, 4.69) is 10.6 Å². The molecule has 0 spiro atoms. The first-order valence-electron chi connectivity index (χ1n) is 15.5. The number of nitrogens with one attached hydrogen (secondary N) is 2. The fourth-order valence-corrected chi connectivity index (χ4v) is 4.99.